The van der Waals surface area contributed by atoms with E-state index in [-0.39, 0.29) is 31.1 Å². The van der Waals surface area contributed by atoms with Crippen LogP contribution in [0.2, 0.25) is 0 Å². The molecule has 0 aliphatic heterocycles. The molecule has 6 heteroatoms. The number of ether oxygens (including phenoxy) is 3. The van der Waals surface area contributed by atoms with Gasteiger partial charge in [0.1, 0.15) is 13.2 Å². The molecule has 0 aromatic heterocycles. The monoisotopic (exact) mass is 889 g/mol. The minimum absolute atomic E-state index is 0.0676. The van der Waals surface area contributed by atoms with Crippen LogP contribution in [0.25, 0.3) is 0 Å². The molecule has 0 spiro atoms. The molecular weight excluding hydrogens is 781 g/mol. The molecule has 0 saturated heterocycles. The van der Waals surface area contributed by atoms with Crippen LogP contribution in [0.15, 0.2) is 12.2 Å². The number of hydrogen-bond donors (Lipinski definition) is 0. The molecule has 0 rings (SSSR count). The molecule has 0 aromatic rings. The van der Waals surface area contributed by atoms with Gasteiger partial charge in [-0.05, 0) is 44.9 Å². The maximum Gasteiger partial charge on any atom is 0.306 e. The maximum atomic E-state index is 12.8. The molecule has 0 fully saturated rings. The van der Waals surface area contributed by atoms with Gasteiger partial charge >= 0.3 is 17.9 Å². The van der Waals surface area contributed by atoms with Crippen LogP contribution in [0.1, 0.15) is 316 Å². The number of hydrogen-bond acceptors (Lipinski definition) is 6. The van der Waals surface area contributed by atoms with Crippen molar-refractivity contribution in [3.63, 3.8) is 0 Å². The van der Waals surface area contributed by atoms with Crippen molar-refractivity contribution in [2.45, 2.75) is 322 Å². The molecule has 0 saturated carbocycles. The summed E-state index contributed by atoms with van der Waals surface area (Å²) >= 11 is 0. The third-order valence-electron chi connectivity index (χ3n) is 12.8. The highest BCUT2D eigenvalue weighted by atomic mass is 16.6. The summed E-state index contributed by atoms with van der Waals surface area (Å²) in [6.07, 6.45) is 59.1. The van der Waals surface area contributed by atoms with Gasteiger partial charge in [0.25, 0.3) is 0 Å². The molecule has 0 aliphatic rings. The average molecular weight is 889 g/mol. The van der Waals surface area contributed by atoms with Gasteiger partial charge in [-0.15, -0.1) is 0 Å². The molecule has 372 valence electrons. The van der Waals surface area contributed by atoms with Crippen molar-refractivity contribution in [1.82, 2.24) is 0 Å². The third-order valence-corrected chi connectivity index (χ3v) is 12.8. The Labute approximate surface area is 392 Å². The van der Waals surface area contributed by atoms with E-state index in [4.69, 9.17) is 14.2 Å². The quantitative estimate of drug-likeness (QED) is 0.0262. The Morgan fingerprint density at radius 1 is 0.302 bits per heavy atom. The Hall–Kier alpha value is -1.85. The van der Waals surface area contributed by atoms with Gasteiger partial charge in [-0.1, -0.05) is 264 Å². The third kappa shape index (κ3) is 51.0. The van der Waals surface area contributed by atoms with Gasteiger partial charge in [0, 0.05) is 19.3 Å². The first-order valence-electron chi connectivity index (χ1n) is 28.2. The molecule has 0 amide bonds. The number of allylic oxidation sites excluding steroid dienone is 2. The summed E-state index contributed by atoms with van der Waals surface area (Å²) in [5.74, 6) is -0.855. The fraction of sp³-hybridized carbons (Fsp3) is 0.912. The largest absolute Gasteiger partial charge is 0.462 e. The molecule has 6 nitrogen and oxygen atoms in total. The second-order valence-corrected chi connectivity index (χ2v) is 19.2. The fourth-order valence-electron chi connectivity index (χ4n) is 8.50. The van der Waals surface area contributed by atoms with Crippen LogP contribution in [0.4, 0.5) is 0 Å². The van der Waals surface area contributed by atoms with E-state index in [1.165, 1.54) is 212 Å². The van der Waals surface area contributed by atoms with Crippen LogP contribution >= 0.6 is 0 Å². The smallest absolute Gasteiger partial charge is 0.306 e. The van der Waals surface area contributed by atoms with Crippen LogP contribution < -0.4 is 0 Å². The van der Waals surface area contributed by atoms with Crippen molar-refractivity contribution in [2.24, 2.45) is 0 Å². The topological polar surface area (TPSA) is 78.9 Å². The molecule has 0 aliphatic carbocycles. The van der Waals surface area contributed by atoms with E-state index in [2.05, 4.69) is 32.9 Å². The van der Waals surface area contributed by atoms with Gasteiger partial charge in [0.2, 0.25) is 0 Å². The van der Waals surface area contributed by atoms with Crippen molar-refractivity contribution < 1.29 is 28.6 Å². The lowest BCUT2D eigenvalue weighted by atomic mass is 10.0. The van der Waals surface area contributed by atoms with Crippen LogP contribution in [-0.4, -0.2) is 37.2 Å². The Balaban J connectivity index is 4.27. The van der Waals surface area contributed by atoms with E-state index in [1.54, 1.807) is 0 Å². The summed E-state index contributed by atoms with van der Waals surface area (Å²) in [4.78, 5) is 38.0. The number of esters is 3. The van der Waals surface area contributed by atoms with Crippen LogP contribution in [0, 0.1) is 0 Å². The van der Waals surface area contributed by atoms with Crippen LogP contribution in [0.3, 0.4) is 0 Å². The first kappa shape index (κ1) is 61.1. The zero-order valence-corrected chi connectivity index (χ0v) is 42.6. The first-order valence-corrected chi connectivity index (χ1v) is 28.2. The van der Waals surface area contributed by atoms with E-state index in [0.717, 1.165) is 64.2 Å². The highest BCUT2D eigenvalue weighted by Crippen LogP contribution is 2.17. The Bertz CT molecular complexity index is 978. The molecule has 1 atom stereocenters. The summed E-state index contributed by atoms with van der Waals surface area (Å²) in [5, 5.41) is 0. The molecule has 0 bridgehead atoms. The predicted octanol–water partition coefficient (Wildman–Crippen LogP) is 18.5. The predicted molar refractivity (Wildman–Crippen MR) is 270 cm³/mol. The van der Waals surface area contributed by atoms with Gasteiger partial charge in [-0.3, -0.25) is 14.4 Å². The van der Waals surface area contributed by atoms with Gasteiger partial charge in [0.15, 0.2) is 6.10 Å². The maximum absolute atomic E-state index is 12.8. The molecule has 0 heterocycles. The zero-order valence-electron chi connectivity index (χ0n) is 42.6. The number of rotatable bonds is 52. The van der Waals surface area contributed by atoms with Crippen LogP contribution in [-0.2, 0) is 28.6 Å². The van der Waals surface area contributed by atoms with Gasteiger partial charge in [-0.25, -0.2) is 0 Å². The fourth-order valence-corrected chi connectivity index (χ4v) is 8.50. The van der Waals surface area contributed by atoms with Crippen molar-refractivity contribution >= 4 is 17.9 Å². The highest BCUT2D eigenvalue weighted by Gasteiger charge is 2.19. The number of carbonyl (C=O) groups excluding carboxylic acids is 3. The van der Waals surface area contributed by atoms with Crippen LogP contribution in [0.5, 0.6) is 0 Å². The summed E-state index contributed by atoms with van der Waals surface area (Å²) in [7, 11) is 0. The summed E-state index contributed by atoms with van der Waals surface area (Å²) in [6.45, 7) is 6.67. The lowest BCUT2D eigenvalue weighted by Gasteiger charge is -2.18. The first-order chi connectivity index (χ1) is 31.0. The summed E-state index contributed by atoms with van der Waals surface area (Å²) < 4.78 is 16.8. The molecule has 0 N–H and O–H groups in total. The second kappa shape index (κ2) is 52.8. The van der Waals surface area contributed by atoms with E-state index in [1.807, 2.05) is 0 Å². The molecule has 63 heavy (non-hydrogen) atoms. The summed E-state index contributed by atoms with van der Waals surface area (Å²) in [6, 6.07) is 0. The normalized spacial score (nSPS) is 12.0. The van der Waals surface area contributed by atoms with Crippen molar-refractivity contribution in [1.29, 1.82) is 0 Å². The molecular formula is C57H108O6. The zero-order chi connectivity index (χ0) is 45.8. The van der Waals surface area contributed by atoms with Crippen molar-refractivity contribution in [3.05, 3.63) is 12.2 Å². The van der Waals surface area contributed by atoms with Gasteiger partial charge < -0.3 is 14.2 Å². The number of carbonyl (C=O) groups is 3. The standard InChI is InChI=1S/C57H108O6/c1-4-7-10-13-16-19-22-25-26-27-28-29-30-33-35-38-41-44-47-50-56(59)62-53-54(63-57(60)51-48-45-42-39-36-32-24-21-18-15-12-9-6-3)52-61-55(58)49-46-43-40-37-34-31-23-20-17-14-11-8-5-2/h21,24,54H,4-20,22-23,25-53H2,1-3H3/b24-21-/t54-/m1/s1. The van der Waals surface area contributed by atoms with Gasteiger partial charge in [-0.2, -0.15) is 0 Å². The summed E-state index contributed by atoms with van der Waals surface area (Å²) in [5.41, 5.74) is 0. The minimum atomic E-state index is -0.768. The molecule has 0 radical (unpaired) electrons. The minimum Gasteiger partial charge on any atom is -0.462 e. The van der Waals surface area contributed by atoms with Crippen molar-refractivity contribution in [2.75, 3.05) is 13.2 Å². The SMILES string of the molecule is CCCCCC/C=C\CCCCCCCC(=O)O[C@H](COC(=O)CCCCCCCCCCCCCCC)COC(=O)CCCCCCCCCCCCCCCCCCCCC. The van der Waals surface area contributed by atoms with E-state index in [9.17, 15) is 14.4 Å². The lowest BCUT2D eigenvalue weighted by molar-refractivity contribution is -0.167. The Morgan fingerprint density at radius 3 is 0.810 bits per heavy atom. The lowest BCUT2D eigenvalue weighted by Crippen LogP contribution is -2.30. The Morgan fingerprint density at radius 2 is 0.524 bits per heavy atom. The highest BCUT2D eigenvalue weighted by molar-refractivity contribution is 5.71. The second-order valence-electron chi connectivity index (χ2n) is 19.2. The van der Waals surface area contributed by atoms with E-state index in [0.29, 0.717) is 19.3 Å². The molecule has 0 unspecified atom stereocenters. The van der Waals surface area contributed by atoms with E-state index >= 15 is 0 Å². The molecule has 0 aromatic carbocycles. The average Bonchev–Trinajstić information content (AvgIpc) is 3.28. The Kier molecular flexibility index (Phi) is 51.2. The number of unbranched alkanes of at least 4 members (excludes halogenated alkanes) is 39. The van der Waals surface area contributed by atoms with Crippen molar-refractivity contribution in [3.8, 4) is 0 Å². The van der Waals surface area contributed by atoms with E-state index < -0.39 is 6.10 Å². The van der Waals surface area contributed by atoms with Gasteiger partial charge in [0.05, 0.1) is 0 Å².